The van der Waals surface area contributed by atoms with Gasteiger partial charge in [0.15, 0.2) is 11.5 Å². The minimum Gasteiger partial charge on any atom is -0.493 e. The third kappa shape index (κ3) is 5.19. The third-order valence-corrected chi connectivity index (χ3v) is 6.57. The summed E-state index contributed by atoms with van der Waals surface area (Å²) < 4.78 is 11.7. The van der Waals surface area contributed by atoms with Gasteiger partial charge in [-0.15, -0.1) is 0 Å². The highest BCUT2D eigenvalue weighted by molar-refractivity contribution is 5.85. The van der Waals surface area contributed by atoms with E-state index in [0.29, 0.717) is 24.5 Å². The number of benzene rings is 2. The van der Waals surface area contributed by atoms with Crippen molar-refractivity contribution >= 4 is 27.7 Å². The fourth-order valence-corrected chi connectivity index (χ4v) is 4.58. The number of nitrogens with one attached hydrogen (secondary N) is 1. The van der Waals surface area contributed by atoms with Gasteiger partial charge in [-0.05, 0) is 30.2 Å². The second kappa shape index (κ2) is 10.3. The number of H-pyrrole nitrogens is 1. The van der Waals surface area contributed by atoms with Crippen LogP contribution in [0.25, 0.3) is 21.8 Å². The lowest BCUT2D eigenvalue weighted by molar-refractivity contribution is -0.130. The Morgan fingerprint density at radius 2 is 1.94 bits per heavy atom. The molecule has 0 bridgehead atoms. The smallest absolute Gasteiger partial charge is 0.219 e. The Morgan fingerprint density at radius 1 is 1.09 bits per heavy atom. The van der Waals surface area contributed by atoms with E-state index >= 15 is 0 Å². The zero-order valence-electron chi connectivity index (χ0n) is 20.2. The van der Waals surface area contributed by atoms with Gasteiger partial charge in [-0.3, -0.25) is 14.8 Å². The van der Waals surface area contributed by atoms with E-state index in [0.717, 1.165) is 72.2 Å². The third-order valence-electron chi connectivity index (χ3n) is 6.57. The largest absolute Gasteiger partial charge is 0.493 e. The molecule has 1 fully saturated rings. The normalized spacial score (nSPS) is 14.5. The van der Waals surface area contributed by atoms with E-state index in [2.05, 4.69) is 37.2 Å². The predicted octanol–water partition coefficient (Wildman–Crippen LogP) is 3.04. The number of ether oxygens (including phenoxy) is 2. The first kappa shape index (κ1) is 23.0. The molecule has 0 atom stereocenters. The lowest BCUT2D eigenvalue weighted by Gasteiger charge is -2.34. The fourth-order valence-electron chi connectivity index (χ4n) is 4.58. The monoisotopic (exact) mass is 474 g/mol. The van der Waals surface area contributed by atoms with Crippen molar-refractivity contribution in [2.24, 2.45) is 0 Å². The summed E-state index contributed by atoms with van der Waals surface area (Å²) >= 11 is 0. The Labute approximate surface area is 204 Å². The molecular weight excluding hydrogens is 444 g/mol. The molecule has 2 aromatic heterocycles. The molecule has 182 valence electrons. The van der Waals surface area contributed by atoms with Gasteiger partial charge in [0.1, 0.15) is 6.33 Å². The van der Waals surface area contributed by atoms with Crippen LogP contribution in [0.1, 0.15) is 24.6 Å². The number of carbonyl (C=O) groups is 1. The van der Waals surface area contributed by atoms with E-state index < -0.39 is 0 Å². The molecular formula is C26H30N6O3. The SMILES string of the molecule is COc1cc2ncnc(Cc3ccc4[nH]ncc4c3)c2cc1OCCCN1CCN(C(C)=O)CC1. The maximum absolute atomic E-state index is 11.5. The number of methoxy groups -OCH3 is 1. The van der Waals surface area contributed by atoms with Crippen LogP contribution in [0.3, 0.4) is 0 Å². The Morgan fingerprint density at radius 3 is 2.74 bits per heavy atom. The average Bonchev–Trinajstić information content (AvgIpc) is 3.35. The van der Waals surface area contributed by atoms with E-state index in [1.54, 1.807) is 20.4 Å². The number of amides is 1. The van der Waals surface area contributed by atoms with E-state index in [1.807, 2.05) is 29.3 Å². The molecule has 4 aromatic rings. The average molecular weight is 475 g/mol. The van der Waals surface area contributed by atoms with Crippen LogP contribution in [0.4, 0.5) is 0 Å². The first-order valence-electron chi connectivity index (χ1n) is 11.9. The summed E-state index contributed by atoms with van der Waals surface area (Å²) in [6, 6.07) is 10.2. The van der Waals surface area contributed by atoms with Crippen molar-refractivity contribution in [3.05, 3.63) is 54.1 Å². The molecule has 35 heavy (non-hydrogen) atoms. The molecule has 5 rings (SSSR count). The molecule has 0 spiro atoms. The molecule has 0 radical (unpaired) electrons. The zero-order chi connectivity index (χ0) is 24.2. The van der Waals surface area contributed by atoms with Gasteiger partial charge in [-0.25, -0.2) is 9.97 Å². The highest BCUT2D eigenvalue weighted by Crippen LogP contribution is 2.33. The first-order chi connectivity index (χ1) is 17.1. The molecule has 1 N–H and O–H groups in total. The number of rotatable bonds is 8. The van der Waals surface area contributed by atoms with Crippen LogP contribution in [0.15, 0.2) is 42.9 Å². The van der Waals surface area contributed by atoms with E-state index in [1.165, 1.54) is 0 Å². The van der Waals surface area contributed by atoms with Gasteiger partial charge in [0.05, 0.1) is 36.6 Å². The van der Waals surface area contributed by atoms with Gasteiger partial charge in [0, 0.05) is 62.9 Å². The van der Waals surface area contributed by atoms with Crippen LogP contribution in [-0.2, 0) is 11.2 Å². The van der Waals surface area contributed by atoms with Gasteiger partial charge in [0.2, 0.25) is 5.91 Å². The van der Waals surface area contributed by atoms with Crippen LogP contribution in [-0.4, -0.2) is 82.3 Å². The number of fused-ring (bicyclic) bond motifs is 2. The van der Waals surface area contributed by atoms with Gasteiger partial charge >= 0.3 is 0 Å². The Bertz CT molecular complexity index is 1330. The van der Waals surface area contributed by atoms with Crippen molar-refractivity contribution in [2.45, 2.75) is 19.8 Å². The van der Waals surface area contributed by atoms with Crippen molar-refractivity contribution in [3.8, 4) is 11.5 Å². The highest BCUT2D eigenvalue weighted by Gasteiger charge is 2.18. The van der Waals surface area contributed by atoms with Crippen molar-refractivity contribution in [2.75, 3.05) is 46.4 Å². The van der Waals surface area contributed by atoms with E-state index in [-0.39, 0.29) is 5.91 Å². The second-order valence-corrected chi connectivity index (χ2v) is 8.86. The summed E-state index contributed by atoms with van der Waals surface area (Å²) in [4.78, 5) is 24.8. The molecule has 0 aliphatic carbocycles. The van der Waals surface area contributed by atoms with Crippen LogP contribution >= 0.6 is 0 Å². The number of aromatic nitrogens is 4. The van der Waals surface area contributed by atoms with Crippen molar-refractivity contribution < 1.29 is 14.3 Å². The second-order valence-electron chi connectivity index (χ2n) is 8.86. The number of hydrogen-bond acceptors (Lipinski definition) is 7. The van der Waals surface area contributed by atoms with E-state index in [9.17, 15) is 4.79 Å². The molecule has 1 amide bonds. The number of carbonyl (C=O) groups excluding carboxylic acids is 1. The lowest BCUT2D eigenvalue weighted by atomic mass is 10.0. The van der Waals surface area contributed by atoms with Crippen LogP contribution < -0.4 is 9.47 Å². The summed E-state index contributed by atoms with van der Waals surface area (Å²) in [7, 11) is 1.64. The predicted molar refractivity (Wildman–Crippen MR) is 134 cm³/mol. The zero-order valence-corrected chi connectivity index (χ0v) is 20.2. The Balaban J connectivity index is 1.27. The molecule has 1 saturated heterocycles. The quantitative estimate of drug-likeness (QED) is 0.392. The van der Waals surface area contributed by atoms with Gasteiger partial charge < -0.3 is 14.4 Å². The maximum atomic E-state index is 11.5. The van der Waals surface area contributed by atoms with Gasteiger partial charge in [-0.2, -0.15) is 5.10 Å². The summed E-state index contributed by atoms with van der Waals surface area (Å²) in [5.41, 5.74) is 3.94. The van der Waals surface area contributed by atoms with E-state index in [4.69, 9.17) is 9.47 Å². The standard InChI is InChI=1S/C26H30N6O3/c1-18(33)32-9-7-31(8-10-32)6-3-11-35-26-14-21-23(27-17-28-24(21)15-25(26)34-2)13-19-4-5-22-20(12-19)16-29-30-22/h4-5,12,14-17H,3,6-11,13H2,1-2H3,(H,29,30). The molecule has 1 aliphatic rings. The molecule has 0 saturated carbocycles. The van der Waals surface area contributed by atoms with Crippen LogP contribution in [0, 0.1) is 0 Å². The molecule has 9 heteroatoms. The Hall–Kier alpha value is -3.72. The highest BCUT2D eigenvalue weighted by atomic mass is 16.5. The molecule has 0 unspecified atom stereocenters. The summed E-state index contributed by atoms with van der Waals surface area (Å²) in [6.45, 7) is 6.56. The maximum Gasteiger partial charge on any atom is 0.219 e. The fraction of sp³-hybridized carbons (Fsp3) is 0.385. The van der Waals surface area contributed by atoms with Crippen LogP contribution in [0.5, 0.6) is 11.5 Å². The van der Waals surface area contributed by atoms with Crippen molar-refractivity contribution in [3.63, 3.8) is 0 Å². The summed E-state index contributed by atoms with van der Waals surface area (Å²) in [5, 5.41) is 9.13. The lowest BCUT2D eigenvalue weighted by Crippen LogP contribution is -2.48. The Kier molecular flexibility index (Phi) is 6.76. The first-order valence-corrected chi connectivity index (χ1v) is 11.9. The topological polar surface area (TPSA) is 96.5 Å². The minimum atomic E-state index is 0.154. The number of hydrogen-bond donors (Lipinski definition) is 1. The molecule has 1 aliphatic heterocycles. The van der Waals surface area contributed by atoms with Crippen molar-refractivity contribution in [1.29, 1.82) is 0 Å². The molecule has 3 heterocycles. The summed E-state index contributed by atoms with van der Waals surface area (Å²) in [6.07, 6.45) is 5.00. The summed E-state index contributed by atoms with van der Waals surface area (Å²) in [5.74, 6) is 1.52. The molecule has 9 nitrogen and oxygen atoms in total. The number of aromatic amines is 1. The van der Waals surface area contributed by atoms with Crippen molar-refractivity contribution in [1.82, 2.24) is 30.0 Å². The minimum absolute atomic E-state index is 0.154. The molecule has 2 aromatic carbocycles. The number of piperazine rings is 1. The number of nitrogens with zero attached hydrogens (tertiary/aromatic N) is 5. The van der Waals surface area contributed by atoms with Gasteiger partial charge in [-0.1, -0.05) is 6.07 Å². The van der Waals surface area contributed by atoms with Crippen LogP contribution in [0.2, 0.25) is 0 Å². The van der Waals surface area contributed by atoms with Gasteiger partial charge in [0.25, 0.3) is 0 Å².